The molecule has 1 aromatic heterocycles. The third-order valence-electron chi connectivity index (χ3n) is 3.20. The third-order valence-corrected chi connectivity index (χ3v) is 4.04. The Hall–Kier alpha value is -0.680. The minimum absolute atomic E-state index is 0.0974. The molecule has 0 saturated carbocycles. The molecule has 1 rings (SSSR count). The fourth-order valence-electron chi connectivity index (χ4n) is 1.80. The third kappa shape index (κ3) is 7.20. The van der Waals surface area contributed by atoms with E-state index in [1.807, 2.05) is 0 Å². The molecule has 0 saturated heterocycles. The molecule has 0 aliphatic heterocycles. The van der Waals surface area contributed by atoms with E-state index in [4.69, 9.17) is 4.74 Å². The van der Waals surface area contributed by atoms with E-state index in [2.05, 4.69) is 50.1 Å². The maximum absolute atomic E-state index is 5.79. The number of ether oxygens (including phenoxy) is 1. The van der Waals surface area contributed by atoms with Gasteiger partial charge in [-0.15, -0.1) is 10.2 Å². The first-order chi connectivity index (χ1) is 9.44. The van der Waals surface area contributed by atoms with Crippen LogP contribution in [-0.4, -0.2) is 22.3 Å². The molecule has 0 radical (unpaired) electrons. The molecule has 0 spiro atoms. The van der Waals surface area contributed by atoms with Crippen molar-refractivity contribution in [2.75, 3.05) is 6.61 Å². The van der Waals surface area contributed by atoms with Crippen LogP contribution >= 0.6 is 11.3 Å². The van der Waals surface area contributed by atoms with E-state index < -0.39 is 0 Å². The lowest BCUT2D eigenvalue weighted by Gasteiger charge is -2.19. The molecular weight excluding hydrogens is 270 g/mol. The van der Waals surface area contributed by atoms with Crippen molar-refractivity contribution in [1.82, 2.24) is 15.5 Å². The molecule has 1 unspecified atom stereocenters. The average molecular weight is 299 g/mol. The zero-order valence-corrected chi connectivity index (χ0v) is 14.3. The van der Waals surface area contributed by atoms with Gasteiger partial charge in [-0.05, 0) is 33.1 Å². The van der Waals surface area contributed by atoms with Crippen LogP contribution in [0.5, 0.6) is 5.19 Å². The lowest BCUT2D eigenvalue weighted by Crippen LogP contribution is -2.35. The largest absolute Gasteiger partial charge is 0.469 e. The molecule has 0 aliphatic rings. The molecule has 1 atom stereocenters. The van der Waals surface area contributed by atoms with Gasteiger partial charge in [-0.3, -0.25) is 0 Å². The first kappa shape index (κ1) is 17.4. The van der Waals surface area contributed by atoms with Crippen molar-refractivity contribution >= 4 is 11.3 Å². The second kappa shape index (κ2) is 8.57. The minimum Gasteiger partial charge on any atom is -0.469 e. The molecule has 1 N–H and O–H groups in total. The van der Waals surface area contributed by atoms with Gasteiger partial charge in [0.05, 0.1) is 13.2 Å². The number of aromatic nitrogens is 2. The quantitative estimate of drug-likeness (QED) is 0.748. The van der Waals surface area contributed by atoms with E-state index in [0.717, 1.165) is 24.6 Å². The molecule has 1 aromatic rings. The van der Waals surface area contributed by atoms with Crippen LogP contribution in [0, 0.1) is 5.92 Å². The van der Waals surface area contributed by atoms with Crippen molar-refractivity contribution in [1.29, 1.82) is 0 Å². The predicted molar refractivity (Wildman–Crippen MR) is 85.3 cm³/mol. The zero-order chi connectivity index (χ0) is 15.0. The van der Waals surface area contributed by atoms with Crippen LogP contribution in [0.4, 0.5) is 0 Å². The Morgan fingerprint density at radius 1 is 1.25 bits per heavy atom. The van der Waals surface area contributed by atoms with Crippen molar-refractivity contribution in [2.45, 2.75) is 72.4 Å². The Kier molecular flexibility index (Phi) is 7.45. The molecule has 5 heteroatoms. The first-order valence-electron chi connectivity index (χ1n) is 7.64. The van der Waals surface area contributed by atoms with Crippen LogP contribution in [0.3, 0.4) is 0 Å². The van der Waals surface area contributed by atoms with Gasteiger partial charge in [-0.1, -0.05) is 44.4 Å². The topological polar surface area (TPSA) is 47.0 Å². The van der Waals surface area contributed by atoms with Gasteiger partial charge in [0.15, 0.2) is 0 Å². The summed E-state index contributed by atoms with van der Waals surface area (Å²) in [6.07, 6.45) is 4.93. The van der Waals surface area contributed by atoms with Crippen LogP contribution < -0.4 is 10.1 Å². The van der Waals surface area contributed by atoms with Gasteiger partial charge in [0.1, 0.15) is 5.01 Å². The number of unbranched alkanes of at least 4 members (excludes halogenated alkanes) is 1. The van der Waals surface area contributed by atoms with E-state index in [1.165, 1.54) is 19.3 Å². The number of hydrogen-bond acceptors (Lipinski definition) is 5. The maximum Gasteiger partial charge on any atom is 0.294 e. The lowest BCUT2D eigenvalue weighted by molar-refractivity contribution is 0.231. The van der Waals surface area contributed by atoms with Gasteiger partial charge in [-0.25, -0.2) is 0 Å². The van der Waals surface area contributed by atoms with Gasteiger partial charge >= 0.3 is 0 Å². The Morgan fingerprint density at radius 3 is 2.60 bits per heavy atom. The van der Waals surface area contributed by atoms with Gasteiger partial charge in [0.2, 0.25) is 0 Å². The van der Waals surface area contributed by atoms with Gasteiger partial charge in [0, 0.05) is 5.54 Å². The normalized spacial score (nSPS) is 13.4. The van der Waals surface area contributed by atoms with Crippen molar-refractivity contribution in [3.8, 4) is 5.19 Å². The molecular formula is C15H29N3OS. The first-order valence-corrected chi connectivity index (χ1v) is 8.46. The van der Waals surface area contributed by atoms with Crippen LogP contribution in [0.1, 0.15) is 65.3 Å². The van der Waals surface area contributed by atoms with E-state index in [0.29, 0.717) is 11.1 Å². The molecule has 0 fully saturated rings. The Labute approximate surface area is 127 Å². The standard InChI is InChI=1S/C15H29N3OS/c1-6-8-9-12(7-2)11-19-14-18-17-13(20-14)10-16-15(3,4)5/h12,16H,6-11H2,1-5H3. The number of nitrogens with one attached hydrogen (secondary N) is 1. The molecule has 0 aliphatic carbocycles. The van der Waals surface area contributed by atoms with Crippen LogP contribution in [-0.2, 0) is 6.54 Å². The van der Waals surface area contributed by atoms with Crippen molar-refractivity contribution < 1.29 is 4.74 Å². The zero-order valence-electron chi connectivity index (χ0n) is 13.5. The molecule has 1 heterocycles. The Bertz CT molecular complexity index is 373. The van der Waals surface area contributed by atoms with Gasteiger partial charge in [0.25, 0.3) is 5.19 Å². The van der Waals surface area contributed by atoms with Gasteiger partial charge < -0.3 is 10.1 Å². The smallest absolute Gasteiger partial charge is 0.294 e. The Morgan fingerprint density at radius 2 is 2.00 bits per heavy atom. The van der Waals surface area contributed by atoms with Crippen LogP contribution in [0.25, 0.3) is 0 Å². The van der Waals surface area contributed by atoms with E-state index in [1.54, 1.807) is 11.3 Å². The van der Waals surface area contributed by atoms with Gasteiger partial charge in [-0.2, -0.15) is 0 Å². The lowest BCUT2D eigenvalue weighted by atomic mass is 10.0. The van der Waals surface area contributed by atoms with Crippen molar-refractivity contribution in [3.63, 3.8) is 0 Å². The molecule has 4 nitrogen and oxygen atoms in total. The average Bonchev–Trinajstić information content (AvgIpc) is 2.84. The highest BCUT2D eigenvalue weighted by Gasteiger charge is 2.13. The molecule has 116 valence electrons. The fourth-order valence-corrected chi connectivity index (χ4v) is 2.43. The summed E-state index contributed by atoms with van der Waals surface area (Å²) in [5.74, 6) is 0.634. The summed E-state index contributed by atoms with van der Waals surface area (Å²) >= 11 is 1.54. The van der Waals surface area contributed by atoms with Crippen molar-refractivity contribution in [2.24, 2.45) is 5.92 Å². The monoisotopic (exact) mass is 299 g/mol. The van der Waals surface area contributed by atoms with Crippen LogP contribution in [0.2, 0.25) is 0 Å². The Balaban J connectivity index is 2.35. The molecule has 20 heavy (non-hydrogen) atoms. The number of rotatable bonds is 9. The van der Waals surface area contributed by atoms with Crippen LogP contribution in [0.15, 0.2) is 0 Å². The second-order valence-corrected chi connectivity index (χ2v) is 7.32. The van der Waals surface area contributed by atoms with E-state index >= 15 is 0 Å². The highest BCUT2D eigenvalue weighted by molar-refractivity contribution is 7.13. The summed E-state index contributed by atoms with van der Waals surface area (Å²) in [6, 6.07) is 0. The summed E-state index contributed by atoms with van der Waals surface area (Å²) in [7, 11) is 0. The minimum atomic E-state index is 0.0974. The molecule has 0 aromatic carbocycles. The maximum atomic E-state index is 5.79. The van der Waals surface area contributed by atoms with E-state index in [9.17, 15) is 0 Å². The predicted octanol–water partition coefficient (Wildman–Crippen LogP) is 4.02. The summed E-state index contributed by atoms with van der Waals surface area (Å²) in [6.45, 7) is 12.4. The molecule has 0 bridgehead atoms. The summed E-state index contributed by atoms with van der Waals surface area (Å²) in [4.78, 5) is 0. The molecule has 0 amide bonds. The number of hydrogen-bond donors (Lipinski definition) is 1. The fraction of sp³-hybridized carbons (Fsp3) is 0.867. The van der Waals surface area contributed by atoms with E-state index in [-0.39, 0.29) is 5.54 Å². The summed E-state index contributed by atoms with van der Waals surface area (Å²) in [5.41, 5.74) is 0.0974. The summed E-state index contributed by atoms with van der Waals surface area (Å²) in [5, 5.41) is 13.4. The highest BCUT2D eigenvalue weighted by Crippen LogP contribution is 2.21. The van der Waals surface area contributed by atoms with Crippen molar-refractivity contribution in [3.05, 3.63) is 5.01 Å². The number of nitrogens with zero attached hydrogens (tertiary/aromatic N) is 2. The second-order valence-electron chi connectivity index (χ2n) is 6.29. The SMILES string of the molecule is CCCCC(CC)COc1nnc(CNC(C)(C)C)s1. The summed E-state index contributed by atoms with van der Waals surface area (Å²) < 4.78 is 5.79. The highest BCUT2D eigenvalue weighted by atomic mass is 32.1.